The lowest BCUT2D eigenvalue weighted by Gasteiger charge is -2.15. The highest BCUT2D eigenvalue weighted by Gasteiger charge is 2.11. The van der Waals surface area contributed by atoms with Gasteiger partial charge in [0.1, 0.15) is 5.75 Å². The molecule has 1 unspecified atom stereocenters. The van der Waals surface area contributed by atoms with E-state index < -0.39 is 0 Å². The molecule has 2 rings (SSSR count). The molecule has 0 aliphatic rings. The van der Waals surface area contributed by atoms with Crippen LogP contribution in [-0.4, -0.2) is 13.7 Å². The molecule has 0 saturated carbocycles. The highest BCUT2D eigenvalue weighted by atomic mass is 32.2. The maximum atomic E-state index is 5.90. The van der Waals surface area contributed by atoms with Crippen molar-refractivity contribution in [3.05, 3.63) is 59.7 Å². The Morgan fingerprint density at radius 3 is 2.21 bits per heavy atom. The fourth-order valence-corrected chi connectivity index (χ4v) is 2.86. The van der Waals surface area contributed by atoms with Crippen molar-refractivity contribution in [2.75, 3.05) is 13.7 Å². The molecular weight excluding hydrogens is 254 g/mol. The predicted molar refractivity (Wildman–Crippen MR) is 81.8 cm³/mol. The van der Waals surface area contributed by atoms with E-state index in [9.17, 15) is 0 Å². The van der Waals surface area contributed by atoms with E-state index in [-0.39, 0.29) is 5.25 Å². The molecule has 100 valence electrons. The van der Waals surface area contributed by atoms with E-state index in [1.54, 1.807) is 18.9 Å². The average molecular weight is 273 g/mol. The number of thioether (sulfide) groups is 1. The molecule has 3 heteroatoms. The minimum absolute atomic E-state index is 0.286. The van der Waals surface area contributed by atoms with Crippen LogP contribution in [0.15, 0.2) is 53.4 Å². The van der Waals surface area contributed by atoms with Gasteiger partial charge in [0, 0.05) is 16.7 Å². The van der Waals surface area contributed by atoms with Gasteiger partial charge in [0.2, 0.25) is 0 Å². The number of hydrogen-bond acceptors (Lipinski definition) is 3. The third-order valence-corrected chi connectivity index (χ3v) is 4.29. The molecule has 19 heavy (non-hydrogen) atoms. The van der Waals surface area contributed by atoms with E-state index in [1.165, 1.54) is 16.0 Å². The number of methoxy groups -OCH3 is 1. The van der Waals surface area contributed by atoms with Crippen LogP contribution < -0.4 is 10.5 Å². The lowest BCUT2D eigenvalue weighted by atomic mass is 10.1. The van der Waals surface area contributed by atoms with Crippen LogP contribution in [-0.2, 0) is 0 Å². The van der Waals surface area contributed by atoms with Crippen molar-refractivity contribution < 1.29 is 4.74 Å². The van der Waals surface area contributed by atoms with Gasteiger partial charge in [-0.25, -0.2) is 0 Å². The van der Waals surface area contributed by atoms with Crippen LogP contribution in [0.2, 0.25) is 0 Å². The Morgan fingerprint density at radius 1 is 1.05 bits per heavy atom. The molecule has 0 aromatic heterocycles. The molecule has 2 aromatic carbocycles. The first-order valence-electron chi connectivity index (χ1n) is 6.30. The first-order valence-corrected chi connectivity index (χ1v) is 7.18. The van der Waals surface area contributed by atoms with Crippen molar-refractivity contribution in [3.63, 3.8) is 0 Å². The Bertz CT molecular complexity index is 507. The molecule has 2 nitrogen and oxygen atoms in total. The maximum absolute atomic E-state index is 5.90. The van der Waals surface area contributed by atoms with Crippen molar-refractivity contribution in [2.45, 2.75) is 17.1 Å². The van der Waals surface area contributed by atoms with E-state index in [4.69, 9.17) is 10.5 Å². The molecule has 0 spiro atoms. The molecule has 1 atom stereocenters. The predicted octanol–water partition coefficient (Wildman–Crippen LogP) is 3.80. The van der Waals surface area contributed by atoms with Crippen LogP contribution >= 0.6 is 11.8 Å². The quantitative estimate of drug-likeness (QED) is 0.842. The Hall–Kier alpha value is -1.45. The summed E-state index contributed by atoms with van der Waals surface area (Å²) in [5.41, 5.74) is 8.45. The third-order valence-electron chi connectivity index (χ3n) is 3.00. The zero-order valence-electron chi connectivity index (χ0n) is 11.3. The smallest absolute Gasteiger partial charge is 0.118 e. The fraction of sp³-hybridized carbons (Fsp3) is 0.250. The Balaban J connectivity index is 2.11. The Labute approximate surface area is 119 Å². The van der Waals surface area contributed by atoms with Gasteiger partial charge in [-0.15, -0.1) is 11.8 Å². The summed E-state index contributed by atoms with van der Waals surface area (Å²) in [7, 11) is 1.68. The molecule has 0 amide bonds. The van der Waals surface area contributed by atoms with Crippen molar-refractivity contribution in [3.8, 4) is 5.75 Å². The van der Waals surface area contributed by atoms with E-state index in [0.717, 1.165) is 5.75 Å². The average Bonchev–Trinajstić information content (AvgIpc) is 2.46. The van der Waals surface area contributed by atoms with E-state index >= 15 is 0 Å². The molecule has 0 saturated heterocycles. The molecule has 0 bridgehead atoms. The summed E-state index contributed by atoms with van der Waals surface area (Å²) in [6, 6.07) is 16.7. The molecule has 0 aliphatic heterocycles. The van der Waals surface area contributed by atoms with Gasteiger partial charge in [-0.05, 0) is 36.8 Å². The van der Waals surface area contributed by atoms with Crippen LogP contribution in [0.3, 0.4) is 0 Å². The number of aryl methyl sites for hydroxylation is 1. The van der Waals surface area contributed by atoms with Gasteiger partial charge in [0.25, 0.3) is 0 Å². The second-order valence-corrected chi connectivity index (χ2v) is 5.70. The zero-order valence-corrected chi connectivity index (χ0v) is 12.1. The van der Waals surface area contributed by atoms with Crippen LogP contribution in [0.1, 0.15) is 16.4 Å². The van der Waals surface area contributed by atoms with Crippen LogP contribution in [0.25, 0.3) is 0 Å². The normalized spacial score (nSPS) is 12.2. The van der Waals surface area contributed by atoms with Crippen molar-refractivity contribution in [1.82, 2.24) is 0 Å². The maximum Gasteiger partial charge on any atom is 0.118 e. The van der Waals surface area contributed by atoms with Gasteiger partial charge in [0.15, 0.2) is 0 Å². The van der Waals surface area contributed by atoms with Gasteiger partial charge in [-0.2, -0.15) is 0 Å². The summed E-state index contributed by atoms with van der Waals surface area (Å²) in [4.78, 5) is 1.21. The number of benzene rings is 2. The van der Waals surface area contributed by atoms with Crippen LogP contribution in [0.5, 0.6) is 5.75 Å². The summed E-state index contributed by atoms with van der Waals surface area (Å²) in [6.45, 7) is 2.72. The zero-order chi connectivity index (χ0) is 13.7. The van der Waals surface area contributed by atoms with Crippen LogP contribution in [0.4, 0.5) is 0 Å². The number of ether oxygens (including phenoxy) is 1. The van der Waals surface area contributed by atoms with Crippen LogP contribution in [0, 0.1) is 6.92 Å². The monoisotopic (exact) mass is 273 g/mol. The summed E-state index contributed by atoms with van der Waals surface area (Å²) < 4.78 is 5.16. The molecule has 0 radical (unpaired) electrons. The number of hydrogen-bond donors (Lipinski definition) is 1. The minimum Gasteiger partial charge on any atom is -0.497 e. The first-order chi connectivity index (χ1) is 9.22. The van der Waals surface area contributed by atoms with E-state index in [2.05, 4.69) is 43.3 Å². The fourth-order valence-electron chi connectivity index (χ4n) is 1.85. The SMILES string of the molecule is COc1ccc(SC(CN)c2ccc(C)cc2)cc1. The van der Waals surface area contributed by atoms with Crippen molar-refractivity contribution in [1.29, 1.82) is 0 Å². The standard InChI is InChI=1S/C16H19NOS/c1-12-3-5-13(6-4-12)16(11-17)19-15-9-7-14(18-2)8-10-15/h3-10,16H,11,17H2,1-2H3. The molecular formula is C16H19NOS. The topological polar surface area (TPSA) is 35.2 Å². The molecule has 2 N–H and O–H groups in total. The van der Waals surface area contributed by atoms with E-state index in [0.29, 0.717) is 6.54 Å². The summed E-state index contributed by atoms with van der Waals surface area (Å²) >= 11 is 1.79. The summed E-state index contributed by atoms with van der Waals surface area (Å²) in [5.74, 6) is 0.879. The molecule has 2 aromatic rings. The second-order valence-electron chi connectivity index (χ2n) is 4.43. The van der Waals surface area contributed by atoms with E-state index in [1.807, 2.05) is 12.1 Å². The lowest BCUT2D eigenvalue weighted by Crippen LogP contribution is -2.09. The Morgan fingerprint density at radius 2 is 1.68 bits per heavy atom. The second kappa shape index (κ2) is 6.64. The highest BCUT2D eigenvalue weighted by molar-refractivity contribution is 7.99. The van der Waals surface area contributed by atoms with Gasteiger partial charge >= 0.3 is 0 Å². The van der Waals surface area contributed by atoms with Crippen molar-refractivity contribution in [2.24, 2.45) is 5.73 Å². The largest absolute Gasteiger partial charge is 0.497 e. The van der Waals surface area contributed by atoms with Gasteiger partial charge in [0.05, 0.1) is 7.11 Å². The summed E-state index contributed by atoms with van der Waals surface area (Å²) in [5, 5.41) is 0.286. The van der Waals surface area contributed by atoms with Crippen molar-refractivity contribution >= 4 is 11.8 Å². The minimum atomic E-state index is 0.286. The highest BCUT2D eigenvalue weighted by Crippen LogP contribution is 2.35. The molecule has 0 heterocycles. The lowest BCUT2D eigenvalue weighted by molar-refractivity contribution is 0.414. The number of nitrogens with two attached hydrogens (primary N) is 1. The molecule has 0 aliphatic carbocycles. The Kier molecular flexibility index (Phi) is 4.88. The summed E-state index contributed by atoms with van der Waals surface area (Å²) in [6.07, 6.45) is 0. The van der Waals surface area contributed by atoms with Gasteiger partial charge in [-0.1, -0.05) is 29.8 Å². The molecule has 0 fully saturated rings. The first kappa shape index (κ1) is 14.0. The van der Waals surface area contributed by atoms with Gasteiger partial charge < -0.3 is 10.5 Å². The number of rotatable bonds is 5. The van der Waals surface area contributed by atoms with Gasteiger partial charge in [-0.3, -0.25) is 0 Å². The third kappa shape index (κ3) is 3.75.